The van der Waals surface area contributed by atoms with Crippen LogP contribution >= 0.6 is 11.6 Å². The normalized spacial score (nSPS) is 11.4. The Morgan fingerprint density at radius 3 is 2.50 bits per heavy atom. The molecule has 1 aromatic rings. The number of carboxylic acids is 1. The summed E-state index contributed by atoms with van der Waals surface area (Å²) < 4.78 is 0. The number of rotatable bonds is 2. The predicted molar refractivity (Wildman–Crippen MR) is 56.9 cm³/mol. The van der Waals surface area contributed by atoms with Crippen molar-refractivity contribution in [3.63, 3.8) is 0 Å². The maximum absolute atomic E-state index is 11.0. The maximum atomic E-state index is 11.0. The third-order valence-corrected chi connectivity index (χ3v) is 2.66. The molecule has 0 unspecified atom stereocenters. The highest BCUT2D eigenvalue weighted by Crippen LogP contribution is 2.30. The highest BCUT2D eigenvalue weighted by Gasteiger charge is 2.31. The van der Waals surface area contributed by atoms with Gasteiger partial charge in [-0.25, -0.2) is 0 Å². The molecule has 1 aromatic carbocycles. The van der Waals surface area contributed by atoms with Crippen LogP contribution in [0.5, 0.6) is 0 Å². The number of carboxylic acid groups (broad SMARTS) is 1. The second-order valence-corrected chi connectivity index (χ2v) is 4.32. The lowest BCUT2D eigenvalue weighted by molar-refractivity contribution is -0.142. The first kappa shape index (κ1) is 11.1. The van der Waals surface area contributed by atoms with Gasteiger partial charge in [-0.05, 0) is 32.4 Å². The molecule has 76 valence electrons. The van der Waals surface area contributed by atoms with E-state index < -0.39 is 11.4 Å². The summed E-state index contributed by atoms with van der Waals surface area (Å²) >= 11 is 5.96. The van der Waals surface area contributed by atoms with Gasteiger partial charge >= 0.3 is 5.97 Å². The minimum Gasteiger partial charge on any atom is -0.481 e. The number of aryl methyl sites for hydroxylation is 1. The molecule has 3 heteroatoms. The first-order valence-electron chi connectivity index (χ1n) is 4.35. The van der Waals surface area contributed by atoms with Gasteiger partial charge in [-0.1, -0.05) is 29.3 Å². The van der Waals surface area contributed by atoms with Gasteiger partial charge < -0.3 is 5.11 Å². The molecule has 2 nitrogen and oxygen atoms in total. The molecule has 0 spiro atoms. The van der Waals surface area contributed by atoms with E-state index in [1.165, 1.54) is 0 Å². The van der Waals surface area contributed by atoms with Crippen molar-refractivity contribution in [1.29, 1.82) is 0 Å². The lowest BCUT2D eigenvalue weighted by atomic mass is 9.84. The van der Waals surface area contributed by atoms with Gasteiger partial charge in [-0.3, -0.25) is 4.79 Å². The molecule has 0 radical (unpaired) electrons. The van der Waals surface area contributed by atoms with Gasteiger partial charge in [0.2, 0.25) is 0 Å². The fraction of sp³-hybridized carbons (Fsp3) is 0.364. The topological polar surface area (TPSA) is 37.3 Å². The Bertz CT molecular complexity index is 370. The molecule has 1 N–H and O–H groups in total. The average Bonchev–Trinajstić information content (AvgIpc) is 2.08. The van der Waals surface area contributed by atoms with Crippen LogP contribution in [-0.2, 0) is 10.2 Å². The first-order chi connectivity index (χ1) is 6.35. The number of benzene rings is 1. The van der Waals surface area contributed by atoms with Gasteiger partial charge in [0.1, 0.15) is 0 Å². The van der Waals surface area contributed by atoms with Gasteiger partial charge in [-0.2, -0.15) is 0 Å². The van der Waals surface area contributed by atoms with Crippen molar-refractivity contribution in [2.24, 2.45) is 0 Å². The second-order valence-electron chi connectivity index (χ2n) is 3.91. The Labute approximate surface area is 88.5 Å². The zero-order chi connectivity index (χ0) is 10.9. The molecular weight excluding hydrogens is 200 g/mol. The van der Waals surface area contributed by atoms with Crippen LogP contribution in [0, 0.1) is 6.92 Å². The number of carbonyl (C=O) groups is 1. The molecule has 1 rings (SSSR count). The third-order valence-electron chi connectivity index (χ3n) is 2.33. The fourth-order valence-electron chi connectivity index (χ4n) is 1.23. The van der Waals surface area contributed by atoms with Crippen LogP contribution in [0.3, 0.4) is 0 Å². The Kier molecular flexibility index (Phi) is 2.86. The van der Waals surface area contributed by atoms with Crippen molar-refractivity contribution in [1.82, 2.24) is 0 Å². The first-order valence-corrected chi connectivity index (χ1v) is 4.73. The summed E-state index contributed by atoms with van der Waals surface area (Å²) in [5.74, 6) is -0.870. The minimum absolute atomic E-state index is 0.503. The van der Waals surface area contributed by atoms with E-state index in [4.69, 9.17) is 16.7 Å². The number of hydrogen-bond donors (Lipinski definition) is 1. The second kappa shape index (κ2) is 3.62. The Morgan fingerprint density at radius 2 is 2.00 bits per heavy atom. The molecule has 14 heavy (non-hydrogen) atoms. The molecule has 0 aliphatic heterocycles. The van der Waals surface area contributed by atoms with Gasteiger partial charge in [0.25, 0.3) is 0 Å². The van der Waals surface area contributed by atoms with Gasteiger partial charge in [0, 0.05) is 5.02 Å². The van der Waals surface area contributed by atoms with E-state index in [0.717, 1.165) is 5.56 Å². The van der Waals surface area contributed by atoms with Crippen molar-refractivity contribution in [3.8, 4) is 0 Å². The van der Waals surface area contributed by atoms with Crippen molar-refractivity contribution < 1.29 is 9.90 Å². The van der Waals surface area contributed by atoms with Crippen LogP contribution in [0.2, 0.25) is 5.02 Å². The number of aliphatic carboxylic acids is 1. The summed E-state index contributed by atoms with van der Waals surface area (Å²) in [6.45, 7) is 5.21. The Morgan fingerprint density at radius 1 is 1.43 bits per heavy atom. The monoisotopic (exact) mass is 212 g/mol. The van der Waals surface area contributed by atoms with E-state index >= 15 is 0 Å². The molecule has 0 atom stereocenters. The lowest BCUT2D eigenvalue weighted by Gasteiger charge is -2.21. The summed E-state index contributed by atoms with van der Waals surface area (Å²) in [5.41, 5.74) is 0.730. The number of halogens is 1. The van der Waals surface area contributed by atoms with Crippen LogP contribution in [-0.4, -0.2) is 11.1 Å². The molecular formula is C11H13ClO2. The molecule has 0 saturated heterocycles. The summed E-state index contributed by atoms with van der Waals surface area (Å²) in [4.78, 5) is 11.0. The molecule has 0 fully saturated rings. The van der Waals surface area contributed by atoms with Gasteiger partial charge in [0.15, 0.2) is 0 Å². The van der Waals surface area contributed by atoms with E-state index in [1.54, 1.807) is 19.9 Å². The summed E-state index contributed by atoms with van der Waals surface area (Å²) in [5, 5.41) is 9.55. The van der Waals surface area contributed by atoms with E-state index in [0.29, 0.717) is 10.6 Å². The summed E-state index contributed by atoms with van der Waals surface area (Å²) in [6, 6.07) is 5.41. The molecule has 0 aliphatic carbocycles. The Hall–Kier alpha value is -1.02. The van der Waals surface area contributed by atoms with E-state index in [9.17, 15) is 4.79 Å². The Balaban J connectivity index is 3.31. The largest absolute Gasteiger partial charge is 0.481 e. The SMILES string of the molecule is Cc1ccc(Cl)c(C(C)(C)C(=O)O)c1. The minimum atomic E-state index is -0.941. The average molecular weight is 213 g/mol. The van der Waals surface area contributed by atoms with Crippen molar-refractivity contribution in [2.45, 2.75) is 26.2 Å². The standard InChI is InChI=1S/C11H13ClO2/c1-7-4-5-9(12)8(6-7)11(2,3)10(13)14/h4-6H,1-3H3,(H,13,14). The highest BCUT2D eigenvalue weighted by molar-refractivity contribution is 6.31. The van der Waals surface area contributed by atoms with Crippen molar-refractivity contribution in [3.05, 3.63) is 34.3 Å². The van der Waals surface area contributed by atoms with E-state index in [1.807, 2.05) is 19.1 Å². The molecule has 0 amide bonds. The van der Waals surface area contributed by atoms with Crippen LogP contribution in [0.25, 0.3) is 0 Å². The van der Waals surface area contributed by atoms with Crippen molar-refractivity contribution >= 4 is 17.6 Å². The third kappa shape index (κ3) is 1.90. The van der Waals surface area contributed by atoms with Gasteiger partial charge in [0.05, 0.1) is 5.41 Å². The maximum Gasteiger partial charge on any atom is 0.313 e. The smallest absolute Gasteiger partial charge is 0.313 e. The van der Waals surface area contributed by atoms with Crippen LogP contribution in [0.15, 0.2) is 18.2 Å². The van der Waals surface area contributed by atoms with Gasteiger partial charge in [-0.15, -0.1) is 0 Å². The molecule has 0 bridgehead atoms. The van der Waals surface area contributed by atoms with E-state index in [2.05, 4.69) is 0 Å². The lowest BCUT2D eigenvalue weighted by Crippen LogP contribution is -2.28. The molecule has 0 saturated carbocycles. The van der Waals surface area contributed by atoms with Crippen LogP contribution in [0.1, 0.15) is 25.0 Å². The van der Waals surface area contributed by atoms with Crippen LogP contribution in [0.4, 0.5) is 0 Å². The molecule has 0 aliphatic rings. The summed E-state index contributed by atoms with van der Waals surface area (Å²) in [7, 11) is 0. The highest BCUT2D eigenvalue weighted by atomic mass is 35.5. The predicted octanol–water partition coefficient (Wildman–Crippen LogP) is 3.01. The number of hydrogen-bond acceptors (Lipinski definition) is 1. The molecule has 0 aromatic heterocycles. The van der Waals surface area contributed by atoms with E-state index in [-0.39, 0.29) is 0 Å². The fourth-order valence-corrected chi connectivity index (χ4v) is 1.59. The molecule has 0 heterocycles. The zero-order valence-electron chi connectivity index (χ0n) is 8.47. The van der Waals surface area contributed by atoms with Crippen molar-refractivity contribution in [2.75, 3.05) is 0 Å². The quantitative estimate of drug-likeness (QED) is 0.818. The van der Waals surface area contributed by atoms with Crippen LogP contribution < -0.4 is 0 Å². The zero-order valence-corrected chi connectivity index (χ0v) is 9.22. The summed E-state index contributed by atoms with van der Waals surface area (Å²) in [6.07, 6.45) is 0.